The van der Waals surface area contributed by atoms with Gasteiger partial charge in [-0.05, 0) is 24.0 Å². The van der Waals surface area contributed by atoms with Gasteiger partial charge in [-0.15, -0.1) is 0 Å². The summed E-state index contributed by atoms with van der Waals surface area (Å²) in [6.45, 7) is 1.10. The molecule has 2 heterocycles. The summed E-state index contributed by atoms with van der Waals surface area (Å²) in [5.41, 5.74) is 1.99. The second-order valence-electron chi connectivity index (χ2n) is 5.82. The van der Waals surface area contributed by atoms with Gasteiger partial charge in [0.05, 0.1) is 7.11 Å². The van der Waals surface area contributed by atoms with Crippen LogP contribution in [0.4, 0.5) is 5.82 Å². The number of benzene rings is 1. The third-order valence-corrected chi connectivity index (χ3v) is 4.38. The standard InChI is InChI=1S/C18H18N4O3/c1-25-16(23)11-22-12-20-17(15(10-19)18(22)24)21-8-6-13-4-2-3-5-14(13)7-9-21/h2-5,12H,6-9,11H2,1H3. The van der Waals surface area contributed by atoms with E-state index >= 15 is 0 Å². The van der Waals surface area contributed by atoms with Gasteiger partial charge < -0.3 is 9.64 Å². The first-order valence-electron chi connectivity index (χ1n) is 8.02. The molecule has 2 aromatic rings. The number of hydrogen-bond acceptors (Lipinski definition) is 6. The van der Waals surface area contributed by atoms with E-state index in [1.54, 1.807) is 0 Å². The molecular weight excluding hydrogens is 320 g/mol. The maximum absolute atomic E-state index is 12.5. The number of aromatic nitrogens is 2. The molecule has 0 saturated carbocycles. The van der Waals surface area contributed by atoms with Crippen LogP contribution < -0.4 is 10.5 Å². The van der Waals surface area contributed by atoms with Gasteiger partial charge in [0.15, 0.2) is 11.4 Å². The van der Waals surface area contributed by atoms with E-state index < -0.39 is 11.5 Å². The van der Waals surface area contributed by atoms with Crippen molar-refractivity contribution >= 4 is 11.8 Å². The number of rotatable bonds is 3. The van der Waals surface area contributed by atoms with Crippen molar-refractivity contribution in [1.82, 2.24) is 9.55 Å². The van der Waals surface area contributed by atoms with Crippen LogP contribution in [0.2, 0.25) is 0 Å². The highest BCUT2D eigenvalue weighted by Gasteiger charge is 2.21. The Labute approximate surface area is 145 Å². The predicted molar refractivity (Wildman–Crippen MR) is 91.3 cm³/mol. The van der Waals surface area contributed by atoms with E-state index in [4.69, 9.17) is 0 Å². The van der Waals surface area contributed by atoms with E-state index in [1.807, 2.05) is 23.1 Å². The Morgan fingerprint density at radius 3 is 2.48 bits per heavy atom. The highest BCUT2D eigenvalue weighted by atomic mass is 16.5. The predicted octanol–water partition coefficient (Wildman–Crippen LogP) is 0.893. The van der Waals surface area contributed by atoms with Gasteiger partial charge >= 0.3 is 5.97 Å². The topological polar surface area (TPSA) is 88.2 Å². The molecule has 1 aromatic heterocycles. The monoisotopic (exact) mass is 338 g/mol. The molecule has 1 aliphatic heterocycles. The molecule has 0 saturated heterocycles. The van der Waals surface area contributed by atoms with E-state index in [0.717, 1.165) is 17.4 Å². The van der Waals surface area contributed by atoms with Crippen LogP contribution in [0.25, 0.3) is 0 Å². The number of methoxy groups -OCH3 is 1. The first kappa shape index (κ1) is 16.7. The Bertz CT molecular complexity index is 871. The fourth-order valence-corrected chi connectivity index (χ4v) is 3.01. The Morgan fingerprint density at radius 1 is 1.28 bits per heavy atom. The highest BCUT2D eigenvalue weighted by Crippen LogP contribution is 2.20. The summed E-state index contributed by atoms with van der Waals surface area (Å²) in [5.74, 6) is -0.188. The van der Waals surface area contributed by atoms with Crippen LogP contribution >= 0.6 is 0 Å². The summed E-state index contributed by atoms with van der Waals surface area (Å²) < 4.78 is 5.66. The zero-order valence-electron chi connectivity index (χ0n) is 13.9. The first-order chi connectivity index (χ1) is 12.1. The van der Waals surface area contributed by atoms with Gasteiger partial charge in [0.1, 0.15) is 18.9 Å². The zero-order valence-corrected chi connectivity index (χ0v) is 13.9. The maximum atomic E-state index is 12.5. The molecule has 3 rings (SSSR count). The smallest absolute Gasteiger partial charge is 0.325 e. The number of carbonyl (C=O) groups excluding carboxylic acids is 1. The van der Waals surface area contributed by atoms with Crippen LogP contribution in [0, 0.1) is 11.3 Å². The van der Waals surface area contributed by atoms with Crippen LogP contribution in [0.1, 0.15) is 16.7 Å². The van der Waals surface area contributed by atoms with Crippen molar-refractivity contribution in [2.45, 2.75) is 19.4 Å². The van der Waals surface area contributed by atoms with E-state index in [9.17, 15) is 14.9 Å². The number of esters is 1. The van der Waals surface area contributed by atoms with E-state index in [2.05, 4.69) is 21.9 Å². The van der Waals surface area contributed by atoms with Gasteiger partial charge in [-0.2, -0.15) is 5.26 Å². The SMILES string of the molecule is COC(=O)Cn1cnc(N2CCc3ccccc3CC2)c(C#N)c1=O. The molecule has 0 aliphatic carbocycles. The quantitative estimate of drug-likeness (QED) is 0.773. The normalized spacial score (nSPS) is 13.5. The molecule has 1 aliphatic rings. The Hall–Kier alpha value is -3.14. The molecule has 0 N–H and O–H groups in total. The lowest BCUT2D eigenvalue weighted by molar-refractivity contribution is -0.141. The molecular formula is C18H18N4O3. The number of anilines is 1. The van der Waals surface area contributed by atoms with Gasteiger partial charge in [0.25, 0.3) is 5.56 Å². The Morgan fingerprint density at radius 2 is 1.92 bits per heavy atom. The van der Waals surface area contributed by atoms with E-state index in [1.165, 1.54) is 24.6 Å². The highest BCUT2D eigenvalue weighted by molar-refractivity contribution is 5.69. The minimum atomic E-state index is -0.564. The van der Waals surface area contributed by atoms with Gasteiger partial charge in [-0.1, -0.05) is 24.3 Å². The van der Waals surface area contributed by atoms with Crippen molar-refractivity contribution in [2.75, 3.05) is 25.1 Å². The summed E-state index contributed by atoms with van der Waals surface area (Å²) in [6.07, 6.45) is 2.95. The van der Waals surface area contributed by atoms with Crippen LogP contribution in [0.3, 0.4) is 0 Å². The lowest BCUT2D eigenvalue weighted by atomic mass is 10.0. The number of nitrogens with zero attached hydrogens (tertiary/aromatic N) is 4. The third kappa shape index (κ3) is 3.38. The first-order valence-corrected chi connectivity index (χ1v) is 8.02. The average Bonchev–Trinajstić information content (AvgIpc) is 2.85. The van der Waals surface area contributed by atoms with Gasteiger partial charge in [-0.25, -0.2) is 4.98 Å². The molecule has 25 heavy (non-hydrogen) atoms. The van der Waals surface area contributed by atoms with Gasteiger partial charge in [-0.3, -0.25) is 14.2 Å². The minimum Gasteiger partial charge on any atom is -0.468 e. The second-order valence-corrected chi connectivity index (χ2v) is 5.82. The van der Waals surface area contributed by atoms with Crippen molar-refractivity contribution in [3.63, 3.8) is 0 Å². The summed E-state index contributed by atoms with van der Waals surface area (Å²) in [6, 6.07) is 10.2. The average molecular weight is 338 g/mol. The third-order valence-electron chi connectivity index (χ3n) is 4.38. The van der Waals surface area contributed by atoms with Crippen molar-refractivity contribution in [3.05, 3.63) is 57.6 Å². The molecule has 0 amide bonds. The number of ether oxygens (including phenoxy) is 1. The largest absolute Gasteiger partial charge is 0.468 e. The number of carbonyl (C=O) groups is 1. The summed E-state index contributed by atoms with van der Waals surface area (Å²) in [7, 11) is 1.25. The molecule has 0 fully saturated rings. The van der Waals surface area contributed by atoms with Gasteiger partial charge in [0, 0.05) is 13.1 Å². The lowest BCUT2D eigenvalue weighted by Crippen LogP contribution is -2.33. The summed E-state index contributed by atoms with van der Waals surface area (Å²) in [5, 5.41) is 9.44. The number of hydrogen-bond donors (Lipinski definition) is 0. The molecule has 0 radical (unpaired) electrons. The number of nitriles is 1. The molecule has 7 nitrogen and oxygen atoms in total. The zero-order chi connectivity index (χ0) is 17.8. The Kier molecular flexibility index (Phi) is 4.80. The fraction of sp³-hybridized carbons (Fsp3) is 0.333. The Balaban J connectivity index is 1.91. The van der Waals surface area contributed by atoms with Crippen molar-refractivity contribution in [2.24, 2.45) is 0 Å². The molecule has 128 valence electrons. The molecule has 0 atom stereocenters. The van der Waals surface area contributed by atoms with Crippen LogP contribution in [0.15, 0.2) is 35.4 Å². The van der Waals surface area contributed by atoms with Crippen LogP contribution in [-0.4, -0.2) is 35.7 Å². The van der Waals surface area contributed by atoms with E-state index in [-0.39, 0.29) is 12.1 Å². The molecule has 7 heteroatoms. The second kappa shape index (κ2) is 7.18. The maximum Gasteiger partial charge on any atom is 0.325 e. The molecule has 1 aromatic carbocycles. The number of fused-ring (bicyclic) bond motifs is 1. The molecule has 0 spiro atoms. The minimum absolute atomic E-state index is 0.0441. The van der Waals surface area contributed by atoms with E-state index in [0.29, 0.717) is 18.9 Å². The van der Waals surface area contributed by atoms with Crippen molar-refractivity contribution in [1.29, 1.82) is 5.26 Å². The lowest BCUT2D eigenvalue weighted by Gasteiger charge is -2.22. The molecule has 0 bridgehead atoms. The van der Waals surface area contributed by atoms with Gasteiger partial charge in [0.2, 0.25) is 0 Å². The summed E-state index contributed by atoms with van der Waals surface area (Å²) in [4.78, 5) is 30.1. The van der Waals surface area contributed by atoms with Crippen molar-refractivity contribution in [3.8, 4) is 6.07 Å². The fourth-order valence-electron chi connectivity index (χ4n) is 3.01. The van der Waals surface area contributed by atoms with Crippen molar-refractivity contribution < 1.29 is 9.53 Å². The molecule has 0 unspecified atom stereocenters. The van der Waals surface area contributed by atoms with Crippen LogP contribution in [0.5, 0.6) is 0 Å². The summed E-state index contributed by atoms with van der Waals surface area (Å²) >= 11 is 0. The van der Waals surface area contributed by atoms with Crippen LogP contribution in [-0.2, 0) is 28.9 Å².